The van der Waals surface area contributed by atoms with Gasteiger partial charge in [0.2, 0.25) is 0 Å². The Morgan fingerprint density at radius 2 is 1.09 bits per heavy atom. The lowest BCUT2D eigenvalue weighted by molar-refractivity contribution is -0.149. The van der Waals surface area contributed by atoms with Gasteiger partial charge in [0.15, 0.2) is 0 Å². The van der Waals surface area contributed by atoms with E-state index < -0.39 is 0 Å². The highest BCUT2D eigenvalue weighted by atomic mass is 16.5. The van der Waals surface area contributed by atoms with Crippen LogP contribution in [0.3, 0.4) is 0 Å². The first-order chi connectivity index (χ1) is 16.7. The summed E-state index contributed by atoms with van der Waals surface area (Å²) in [7, 11) is 0. The van der Waals surface area contributed by atoms with Crippen molar-refractivity contribution in [3.63, 3.8) is 0 Å². The van der Waals surface area contributed by atoms with Crippen molar-refractivity contribution in [3.8, 4) is 0 Å². The zero-order chi connectivity index (χ0) is 25.1. The minimum atomic E-state index is 0.0298. The molecule has 0 aliphatic heterocycles. The van der Waals surface area contributed by atoms with Gasteiger partial charge >= 0.3 is 5.97 Å². The highest BCUT2D eigenvalue weighted by Crippen LogP contribution is 2.21. The Bertz CT molecular complexity index is 403. The molecule has 34 heavy (non-hydrogen) atoms. The normalized spacial score (nSPS) is 11.6. The Hall–Kier alpha value is -0.650. The molecule has 0 unspecified atom stereocenters. The van der Waals surface area contributed by atoms with E-state index in [-0.39, 0.29) is 25.1 Å². The summed E-state index contributed by atoms with van der Waals surface area (Å²) in [4.78, 5) is 15.2. The lowest BCUT2D eigenvalue weighted by Gasteiger charge is -2.22. The molecule has 0 bridgehead atoms. The first-order valence-corrected chi connectivity index (χ1v) is 14.8. The van der Waals surface area contributed by atoms with Crippen molar-refractivity contribution < 1.29 is 19.7 Å². The average molecular weight is 486 g/mol. The molecule has 0 atom stereocenters. The zero-order valence-electron chi connectivity index (χ0n) is 22.9. The van der Waals surface area contributed by atoms with Crippen LogP contribution in [-0.2, 0) is 9.53 Å². The first kappa shape index (κ1) is 33.4. The van der Waals surface area contributed by atoms with Gasteiger partial charge < -0.3 is 19.8 Å². The van der Waals surface area contributed by atoms with E-state index in [2.05, 4.69) is 18.7 Å². The molecule has 0 saturated carbocycles. The number of esters is 1. The monoisotopic (exact) mass is 485 g/mol. The summed E-state index contributed by atoms with van der Waals surface area (Å²) in [5.41, 5.74) is 0. The molecular weight excluding hydrogens is 426 g/mol. The van der Waals surface area contributed by atoms with Crippen LogP contribution in [0.4, 0.5) is 0 Å². The molecule has 0 heterocycles. The number of ether oxygens (including phenoxy) is 1. The molecule has 0 radical (unpaired) electrons. The van der Waals surface area contributed by atoms with E-state index in [1.54, 1.807) is 0 Å². The van der Waals surface area contributed by atoms with E-state index in [0.29, 0.717) is 6.61 Å². The van der Waals surface area contributed by atoms with Crippen molar-refractivity contribution in [2.24, 2.45) is 5.92 Å². The number of carbonyl (C=O) groups excluding carboxylic acids is 1. The average Bonchev–Trinajstić information content (AvgIpc) is 2.84. The van der Waals surface area contributed by atoms with Gasteiger partial charge in [-0.25, -0.2) is 0 Å². The van der Waals surface area contributed by atoms with Crippen LogP contribution in [0.2, 0.25) is 0 Å². The predicted molar refractivity (Wildman–Crippen MR) is 144 cm³/mol. The Morgan fingerprint density at radius 1 is 0.618 bits per heavy atom. The fraction of sp³-hybridized carbons (Fsp3) is 0.966. The van der Waals surface area contributed by atoms with Crippen LogP contribution in [0.25, 0.3) is 0 Å². The van der Waals surface area contributed by atoms with Gasteiger partial charge in [0, 0.05) is 19.8 Å². The maximum atomic E-state index is 12.8. The van der Waals surface area contributed by atoms with E-state index in [4.69, 9.17) is 14.9 Å². The van der Waals surface area contributed by atoms with Gasteiger partial charge in [-0.3, -0.25) is 4.79 Å². The summed E-state index contributed by atoms with van der Waals surface area (Å²) in [6.07, 6.45) is 21.6. The molecule has 0 saturated heterocycles. The number of rotatable bonds is 27. The van der Waals surface area contributed by atoms with Gasteiger partial charge in [-0.15, -0.1) is 0 Å². The van der Waals surface area contributed by atoms with Gasteiger partial charge in [-0.1, -0.05) is 90.9 Å². The van der Waals surface area contributed by atoms with Crippen LogP contribution in [-0.4, -0.2) is 60.5 Å². The Balaban J connectivity index is 4.25. The zero-order valence-corrected chi connectivity index (χ0v) is 22.9. The topological polar surface area (TPSA) is 70.0 Å². The third kappa shape index (κ3) is 21.9. The number of hydrogen-bond donors (Lipinski definition) is 2. The van der Waals surface area contributed by atoms with E-state index in [9.17, 15) is 4.79 Å². The Kier molecular flexibility index (Phi) is 26.4. The van der Waals surface area contributed by atoms with Crippen molar-refractivity contribution in [3.05, 3.63) is 0 Å². The smallest absolute Gasteiger partial charge is 0.308 e. The van der Waals surface area contributed by atoms with Crippen molar-refractivity contribution in [2.45, 2.75) is 136 Å². The predicted octanol–water partition coefficient (Wildman–Crippen LogP) is 6.88. The second-order valence-corrected chi connectivity index (χ2v) is 10.0. The van der Waals surface area contributed by atoms with E-state index in [0.717, 1.165) is 77.4 Å². The van der Waals surface area contributed by atoms with Crippen molar-refractivity contribution in [1.82, 2.24) is 4.90 Å². The molecule has 0 aliphatic rings. The number of carbonyl (C=O) groups is 1. The molecule has 0 aromatic rings. The minimum absolute atomic E-state index is 0.0298. The molecule has 204 valence electrons. The van der Waals surface area contributed by atoms with Crippen LogP contribution >= 0.6 is 0 Å². The third-order valence-corrected chi connectivity index (χ3v) is 6.77. The second-order valence-electron chi connectivity index (χ2n) is 10.0. The number of aliphatic hydroxyl groups is 2. The maximum Gasteiger partial charge on any atom is 0.308 e. The number of nitrogens with zero attached hydrogens (tertiary/aromatic N) is 1. The van der Waals surface area contributed by atoms with E-state index in [1.807, 2.05) is 0 Å². The molecule has 0 fully saturated rings. The molecule has 0 rings (SSSR count). The molecule has 5 nitrogen and oxygen atoms in total. The highest BCUT2D eigenvalue weighted by molar-refractivity contribution is 5.72. The quantitative estimate of drug-likeness (QED) is 0.0979. The molecule has 0 aromatic heterocycles. The number of aliphatic hydroxyl groups excluding tert-OH is 2. The summed E-state index contributed by atoms with van der Waals surface area (Å²) in [5, 5.41) is 18.1. The summed E-state index contributed by atoms with van der Waals surface area (Å²) in [6.45, 7) is 8.27. The molecule has 0 aromatic carbocycles. The molecule has 0 amide bonds. The van der Waals surface area contributed by atoms with Gasteiger partial charge in [0.25, 0.3) is 0 Å². The van der Waals surface area contributed by atoms with Crippen molar-refractivity contribution in [2.75, 3.05) is 39.5 Å². The summed E-state index contributed by atoms with van der Waals surface area (Å²) < 4.78 is 5.73. The lowest BCUT2D eigenvalue weighted by atomic mass is 9.94. The van der Waals surface area contributed by atoms with Crippen LogP contribution < -0.4 is 0 Å². The van der Waals surface area contributed by atoms with Crippen LogP contribution in [0, 0.1) is 5.92 Å². The summed E-state index contributed by atoms with van der Waals surface area (Å²) in [6, 6.07) is 0. The third-order valence-electron chi connectivity index (χ3n) is 6.77. The maximum absolute atomic E-state index is 12.8. The molecular formula is C29H59NO4. The van der Waals surface area contributed by atoms with Crippen molar-refractivity contribution in [1.29, 1.82) is 0 Å². The van der Waals surface area contributed by atoms with Crippen LogP contribution in [0.1, 0.15) is 136 Å². The van der Waals surface area contributed by atoms with Gasteiger partial charge in [-0.2, -0.15) is 0 Å². The van der Waals surface area contributed by atoms with Crippen LogP contribution in [0.5, 0.6) is 0 Å². The van der Waals surface area contributed by atoms with Crippen molar-refractivity contribution >= 4 is 5.97 Å². The lowest BCUT2D eigenvalue weighted by Crippen LogP contribution is -2.28. The Labute approximate surface area is 212 Å². The molecule has 5 heteroatoms. The number of unbranched alkanes of at least 4 members (excludes halogenated alkanes) is 12. The molecule has 0 aliphatic carbocycles. The van der Waals surface area contributed by atoms with Crippen LogP contribution in [0.15, 0.2) is 0 Å². The summed E-state index contributed by atoms with van der Waals surface area (Å²) in [5.74, 6) is 0.110. The van der Waals surface area contributed by atoms with E-state index >= 15 is 0 Å². The van der Waals surface area contributed by atoms with E-state index in [1.165, 1.54) is 64.2 Å². The fourth-order valence-electron chi connectivity index (χ4n) is 4.53. The minimum Gasteiger partial charge on any atom is -0.465 e. The fourth-order valence-corrected chi connectivity index (χ4v) is 4.53. The Morgan fingerprint density at radius 3 is 1.62 bits per heavy atom. The van der Waals surface area contributed by atoms with Gasteiger partial charge in [-0.05, 0) is 58.0 Å². The number of hydrogen-bond acceptors (Lipinski definition) is 5. The summed E-state index contributed by atoms with van der Waals surface area (Å²) >= 11 is 0. The molecule has 0 spiro atoms. The largest absolute Gasteiger partial charge is 0.465 e. The highest BCUT2D eigenvalue weighted by Gasteiger charge is 2.19. The second kappa shape index (κ2) is 26.9. The SMILES string of the molecule is CCCCCCCCC(CCCCCCCC)C(=O)OCCCCN(CCCO)CCCCO. The molecule has 2 N–H and O–H groups in total. The van der Waals surface area contributed by atoms with Gasteiger partial charge in [0.05, 0.1) is 12.5 Å². The standard InChI is InChI=1S/C29H59NO4/c1-3-5-7-9-11-13-20-28(21-14-12-10-8-6-4-2)29(33)34-27-18-16-23-30(24-19-26-32)22-15-17-25-31/h28,31-32H,3-27H2,1-2H3. The first-order valence-electron chi connectivity index (χ1n) is 14.8. The van der Waals surface area contributed by atoms with Gasteiger partial charge in [0.1, 0.15) is 0 Å².